The Hall–Kier alpha value is -0.630. The topological polar surface area (TPSA) is 26.0 Å². The minimum atomic E-state index is 0.0924. The number of thiol groups is 1. The average Bonchev–Trinajstić information content (AvgIpc) is 2.03. The molecule has 1 nitrogen and oxygen atoms in total. The molecule has 0 fully saturated rings. The molecule has 11 heavy (non-hydrogen) atoms. The van der Waals surface area contributed by atoms with Crippen LogP contribution in [0.1, 0.15) is 13.8 Å². The summed E-state index contributed by atoms with van der Waals surface area (Å²) in [6.07, 6.45) is 8.01. The normalized spacial score (nSPS) is 22.1. The molecule has 0 bridgehead atoms. The van der Waals surface area contributed by atoms with Crippen molar-refractivity contribution < 1.29 is 0 Å². The summed E-state index contributed by atoms with van der Waals surface area (Å²) in [4.78, 5) is 0.840. The monoisotopic (exact) mass is 167 g/mol. The molecule has 0 aromatic heterocycles. The van der Waals surface area contributed by atoms with E-state index in [0.717, 1.165) is 10.6 Å². The van der Waals surface area contributed by atoms with Crippen molar-refractivity contribution in [3.63, 3.8) is 0 Å². The second-order valence-electron chi connectivity index (χ2n) is 3.33. The van der Waals surface area contributed by atoms with Crippen molar-refractivity contribution in [3.8, 4) is 0 Å². The molecule has 0 heterocycles. The first-order valence-corrected chi connectivity index (χ1v) is 4.03. The molecule has 0 radical (unpaired) electrons. The SMILES string of the molecule is CC1(C)C=CC(N)=C(S)C=C1. The van der Waals surface area contributed by atoms with Crippen LogP contribution in [0, 0.1) is 5.41 Å². The highest BCUT2D eigenvalue weighted by molar-refractivity contribution is 7.84. The second-order valence-corrected chi connectivity index (χ2v) is 3.81. The number of hydrogen-bond acceptors (Lipinski definition) is 2. The van der Waals surface area contributed by atoms with Crippen molar-refractivity contribution in [2.45, 2.75) is 13.8 Å². The van der Waals surface area contributed by atoms with Crippen molar-refractivity contribution in [2.75, 3.05) is 0 Å². The molecule has 0 saturated heterocycles. The first-order chi connectivity index (χ1) is 5.01. The molecule has 0 amide bonds. The van der Waals surface area contributed by atoms with E-state index in [-0.39, 0.29) is 5.41 Å². The highest BCUT2D eigenvalue weighted by Gasteiger charge is 2.11. The molecule has 2 N–H and O–H groups in total. The summed E-state index contributed by atoms with van der Waals surface area (Å²) < 4.78 is 0. The van der Waals surface area contributed by atoms with E-state index in [4.69, 9.17) is 5.73 Å². The fourth-order valence-corrected chi connectivity index (χ4v) is 0.985. The molecule has 0 spiro atoms. The Labute approximate surface area is 73.1 Å². The van der Waals surface area contributed by atoms with Crippen molar-refractivity contribution in [1.29, 1.82) is 0 Å². The highest BCUT2D eigenvalue weighted by Crippen LogP contribution is 2.24. The van der Waals surface area contributed by atoms with Gasteiger partial charge < -0.3 is 5.73 Å². The minimum Gasteiger partial charge on any atom is -0.398 e. The van der Waals surface area contributed by atoms with Crippen LogP contribution in [0.25, 0.3) is 0 Å². The summed E-state index contributed by atoms with van der Waals surface area (Å²) >= 11 is 4.22. The van der Waals surface area contributed by atoms with Crippen molar-refractivity contribution in [1.82, 2.24) is 0 Å². The van der Waals surface area contributed by atoms with Gasteiger partial charge in [0.15, 0.2) is 0 Å². The van der Waals surface area contributed by atoms with E-state index in [1.165, 1.54) is 0 Å². The van der Waals surface area contributed by atoms with Gasteiger partial charge in [0.05, 0.1) is 0 Å². The zero-order chi connectivity index (χ0) is 8.48. The number of nitrogens with two attached hydrogens (primary N) is 1. The van der Waals surface area contributed by atoms with Gasteiger partial charge in [-0.1, -0.05) is 26.0 Å². The molecule has 0 aromatic rings. The van der Waals surface area contributed by atoms with Crippen LogP contribution in [0.5, 0.6) is 0 Å². The Morgan fingerprint density at radius 2 is 1.82 bits per heavy atom. The van der Waals surface area contributed by atoms with Crippen LogP contribution in [0.2, 0.25) is 0 Å². The molecular formula is C9H13NS. The Morgan fingerprint density at radius 1 is 1.27 bits per heavy atom. The predicted octanol–water partition coefficient (Wildman–Crippen LogP) is 2.24. The summed E-state index contributed by atoms with van der Waals surface area (Å²) in [5, 5.41) is 0. The highest BCUT2D eigenvalue weighted by atomic mass is 32.1. The Kier molecular flexibility index (Phi) is 2.14. The molecule has 0 atom stereocenters. The molecule has 1 aliphatic carbocycles. The molecule has 0 aliphatic heterocycles. The van der Waals surface area contributed by atoms with Crippen LogP contribution in [0.4, 0.5) is 0 Å². The molecular weight excluding hydrogens is 154 g/mol. The third kappa shape index (κ3) is 2.15. The lowest BCUT2D eigenvalue weighted by Crippen LogP contribution is -2.01. The number of hydrogen-bond donors (Lipinski definition) is 2. The Bertz CT molecular complexity index is 222. The lowest BCUT2D eigenvalue weighted by atomic mass is 9.93. The lowest BCUT2D eigenvalue weighted by Gasteiger charge is -2.12. The average molecular weight is 167 g/mol. The quantitative estimate of drug-likeness (QED) is 0.532. The predicted molar refractivity (Wildman–Crippen MR) is 52.3 cm³/mol. The van der Waals surface area contributed by atoms with Gasteiger partial charge in [-0.05, 0) is 12.2 Å². The summed E-state index contributed by atoms with van der Waals surface area (Å²) in [5.41, 5.74) is 6.49. The van der Waals surface area contributed by atoms with Crippen LogP contribution >= 0.6 is 12.6 Å². The van der Waals surface area contributed by atoms with Crippen molar-refractivity contribution in [2.24, 2.45) is 11.1 Å². The summed E-state index contributed by atoms with van der Waals surface area (Å²) in [6, 6.07) is 0. The van der Waals surface area contributed by atoms with Gasteiger partial charge in [-0.15, -0.1) is 12.6 Å². The van der Waals surface area contributed by atoms with Crippen LogP contribution in [-0.2, 0) is 0 Å². The van der Waals surface area contributed by atoms with E-state index >= 15 is 0 Å². The molecule has 1 rings (SSSR count). The minimum absolute atomic E-state index is 0.0924. The Balaban J connectivity index is 3.01. The van der Waals surface area contributed by atoms with Gasteiger partial charge >= 0.3 is 0 Å². The molecule has 2 heteroatoms. The van der Waals surface area contributed by atoms with Gasteiger partial charge in [0, 0.05) is 16.0 Å². The smallest absolute Gasteiger partial charge is 0.0446 e. The van der Waals surface area contributed by atoms with E-state index in [1.54, 1.807) is 0 Å². The van der Waals surface area contributed by atoms with E-state index < -0.39 is 0 Å². The van der Waals surface area contributed by atoms with E-state index in [2.05, 4.69) is 38.6 Å². The standard InChI is InChI=1S/C9H13NS/c1-9(2)5-3-7(10)8(11)4-6-9/h3-6,11H,10H2,1-2H3. The fraction of sp³-hybridized carbons (Fsp3) is 0.333. The van der Waals surface area contributed by atoms with Gasteiger partial charge in [-0.3, -0.25) is 0 Å². The third-order valence-corrected chi connectivity index (χ3v) is 2.07. The summed E-state index contributed by atoms with van der Waals surface area (Å²) in [7, 11) is 0. The van der Waals surface area contributed by atoms with Crippen LogP contribution in [0.3, 0.4) is 0 Å². The first kappa shape index (κ1) is 8.47. The van der Waals surface area contributed by atoms with E-state index in [0.29, 0.717) is 0 Å². The molecule has 0 saturated carbocycles. The maximum atomic E-state index is 5.66. The van der Waals surface area contributed by atoms with Gasteiger partial charge in [0.1, 0.15) is 0 Å². The molecule has 0 aromatic carbocycles. The van der Waals surface area contributed by atoms with E-state index in [1.807, 2.05) is 12.2 Å². The maximum absolute atomic E-state index is 5.66. The van der Waals surface area contributed by atoms with Gasteiger partial charge in [0.2, 0.25) is 0 Å². The van der Waals surface area contributed by atoms with Crippen LogP contribution < -0.4 is 5.73 Å². The summed E-state index contributed by atoms with van der Waals surface area (Å²) in [5.74, 6) is 0. The lowest BCUT2D eigenvalue weighted by molar-refractivity contribution is 0.627. The van der Waals surface area contributed by atoms with Crippen molar-refractivity contribution in [3.05, 3.63) is 34.9 Å². The molecule has 0 unspecified atom stereocenters. The zero-order valence-electron chi connectivity index (χ0n) is 6.83. The zero-order valence-corrected chi connectivity index (χ0v) is 7.73. The number of rotatable bonds is 0. The maximum Gasteiger partial charge on any atom is 0.0446 e. The number of allylic oxidation sites excluding steroid dienone is 4. The molecule has 1 aliphatic rings. The molecule has 60 valence electrons. The second kappa shape index (κ2) is 2.78. The van der Waals surface area contributed by atoms with Gasteiger partial charge in [0.25, 0.3) is 0 Å². The first-order valence-electron chi connectivity index (χ1n) is 3.58. The van der Waals surface area contributed by atoms with Crippen LogP contribution in [0.15, 0.2) is 34.9 Å². The largest absolute Gasteiger partial charge is 0.398 e. The fourth-order valence-electron chi connectivity index (χ4n) is 0.835. The van der Waals surface area contributed by atoms with Gasteiger partial charge in [-0.25, -0.2) is 0 Å². The third-order valence-electron chi connectivity index (χ3n) is 1.66. The van der Waals surface area contributed by atoms with Crippen molar-refractivity contribution >= 4 is 12.6 Å². The van der Waals surface area contributed by atoms with Gasteiger partial charge in [-0.2, -0.15) is 0 Å². The van der Waals surface area contributed by atoms with E-state index in [9.17, 15) is 0 Å². The Morgan fingerprint density at radius 3 is 2.45 bits per heavy atom. The van der Waals surface area contributed by atoms with Crippen LogP contribution in [-0.4, -0.2) is 0 Å². The summed E-state index contributed by atoms with van der Waals surface area (Å²) in [6.45, 7) is 4.25.